The fourth-order valence-electron chi connectivity index (χ4n) is 1.74. The predicted molar refractivity (Wildman–Crippen MR) is 79.4 cm³/mol. The number of carbonyl (C=O) groups is 1. The van der Waals surface area contributed by atoms with Crippen molar-refractivity contribution >= 4 is 17.7 Å². The number of aliphatic hydroxyl groups is 1. The molecule has 2 aromatic rings. The Kier molecular flexibility index (Phi) is 5.58. The number of benzene rings is 1. The summed E-state index contributed by atoms with van der Waals surface area (Å²) in [5.74, 6) is 0.211. The van der Waals surface area contributed by atoms with Crippen LogP contribution >= 0.6 is 11.8 Å². The normalized spacial score (nSPS) is 11.8. The maximum atomic E-state index is 11.9. The maximum Gasteiger partial charge on any atom is 0.230 e. The molecular formula is C15H16N2O2S. The lowest BCUT2D eigenvalue weighted by Crippen LogP contribution is -2.32. The van der Waals surface area contributed by atoms with Crippen LogP contribution in [0.4, 0.5) is 0 Å². The summed E-state index contributed by atoms with van der Waals surface area (Å²) in [5, 5.41) is 12.2. The van der Waals surface area contributed by atoms with Crippen molar-refractivity contribution in [2.45, 2.75) is 10.9 Å². The van der Waals surface area contributed by atoms with Gasteiger partial charge in [-0.05, 0) is 17.7 Å². The number of amides is 1. The number of nitrogens with one attached hydrogen (secondary N) is 1. The Morgan fingerprint density at radius 3 is 2.55 bits per heavy atom. The van der Waals surface area contributed by atoms with Gasteiger partial charge >= 0.3 is 0 Å². The highest BCUT2D eigenvalue weighted by atomic mass is 32.2. The summed E-state index contributed by atoms with van der Waals surface area (Å²) in [6.45, 7) is -0.115. The number of hydrogen-bond donors (Lipinski definition) is 2. The predicted octanol–water partition coefficient (Wildman–Crippen LogP) is 2.02. The number of hydrogen-bond acceptors (Lipinski definition) is 4. The molecule has 104 valence electrons. The molecule has 0 bridgehead atoms. The molecule has 1 aromatic carbocycles. The Balaban J connectivity index is 1.87. The molecular weight excluding hydrogens is 272 g/mol. The Morgan fingerprint density at radius 2 is 1.90 bits per heavy atom. The molecule has 0 aliphatic rings. The second-order valence-corrected chi connectivity index (χ2v) is 5.23. The molecule has 2 rings (SSSR count). The molecule has 1 aromatic heterocycles. The highest BCUT2D eigenvalue weighted by molar-refractivity contribution is 8.00. The van der Waals surface area contributed by atoms with Crippen molar-refractivity contribution in [3.63, 3.8) is 0 Å². The second-order valence-electron chi connectivity index (χ2n) is 4.18. The molecule has 1 unspecified atom stereocenters. The highest BCUT2D eigenvalue weighted by Gasteiger charge is 2.13. The Hall–Kier alpha value is -1.85. The van der Waals surface area contributed by atoms with E-state index in [1.807, 2.05) is 42.5 Å². The summed E-state index contributed by atoms with van der Waals surface area (Å²) in [4.78, 5) is 16.8. The van der Waals surface area contributed by atoms with E-state index in [1.165, 1.54) is 11.8 Å². The zero-order valence-corrected chi connectivity index (χ0v) is 11.7. The van der Waals surface area contributed by atoms with Gasteiger partial charge in [0.15, 0.2) is 0 Å². The number of aromatic nitrogens is 1. The van der Waals surface area contributed by atoms with E-state index in [0.29, 0.717) is 5.75 Å². The molecule has 1 heterocycles. The van der Waals surface area contributed by atoms with Gasteiger partial charge in [-0.1, -0.05) is 30.3 Å². The molecule has 20 heavy (non-hydrogen) atoms. The second kappa shape index (κ2) is 7.67. The summed E-state index contributed by atoms with van der Waals surface area (Å²) in [6, 6.07) is 12.8. The summed E-state index contributed by atoms with van der Waals surface area (Å²) < 4.78 is 0. The third kappa shape index (κ3) is 4.36. The van der Waals surface area contributed by atoms with Gasteiger partial charge in [-0.15, -0.1) is 11.8 Å². The minimum atomic E-state index is -0.359. The molecule has 1 atom stereocenters. The van der Waals surface area contributed by atoms with Gasteiger partial charge in [0.2, 0.25) is 5.91 Å². The molecule has 0 radical (unpaired) electrons. The van der Waals surface area contributed by atoms with E-state index in [-0.39, 0.29) is 18.6 Å². The fourth-order valence-corrected chi connectivity index (χ4v) is 2.43. The van der Waals surface area contributed by atoms with Crippen LogP contribution in [0.15, 0.2) is 59.8 Å². The van der Waals surface area contributed by atoms with Crippen LogP contribution in [0, 0.1) is 0 Å². The van der Waals surface area contributed by atoms with Gasteiger partial charge in [0.05, 0.1) is 18.4 Å². The lowest BCUT2D eigenvalue weighted by atomic mass is 10.1. The third-order valence-electron chi connectivity index (χ3n) is 2.74. The van der Waals surface area contributed by atoms with Crippen molar-refractivity contribution in [1.82, 2.24) is 10.3 Å². The van der Waals surface area contributed by atoms with E-state index < -0.39 is 0 Å². The molecule has 0 saturated carbocycles. The quantitative estimate of drug-likeness (QED) is 0.798. The largest absolute Gasteiger partial charge is 0.394 e. The molecule has 4 nitrogen and oxygen atoms in total. The lowest BCUT2D eigenvalue weighted by molar-refractivity contribution is -0.119. The van der Waals surface area contributed by atoms with Crippen molar-refractivity contribution in [2.75, 3.05) is 12.4 Å². The smallest absolute Gasteiger partial charge is 0.230 e. The van der Waals surface area contributed by atoms with Gasteiger partial charge in [-0.2, -0.15) is 0 Å². The van der Waals surface area contributed by atoms with Crippen LogP contribution in [-0.4, -0.2) is 28.4 Å². The molecule has 0 aliphatic heterocycles. The zero-order chi connectivity index (χ0) is 14.2. The van der Waals surface area contributed by atoms with Crippen molar-refractivity contribution in [2.24, 2.45) is 0 Å². The molecule has 5 heteroatoms. The first-order valence-electron chi connectivity index (χ1n) is 6.27. The Labute approximate surface area is 122 Å². The topological polar surface area (TPSA) is 62.2 Å². The third-order valence-corrected chi connectivity index (χ3v) is 3.75. The minimum absolute atomic E-state index is 0.102. The van der Waals surface area contributed by atoms with E-state index in [9.17, 15) is 9.90 Å². The van der Waals surface area contributed by atoms with E-state index in [1.54, 1.807) is 12.4 Å². The number of rotatable bonds is 6. The van der Waals surface area contributed by atoms with Gasteiger partial charge < -0.3 is 10.4 Å². The molecule has 1 amide bonds. The van der Waals surface area contributed by atoms with E-state index in [4.69, 9.17) is 0 Å². The first-order valence-corrected chi connectivity index (χ1v) is 7.26. The number of thioether (sulfide) groups is 1. The van der Waals surface area contributed by atoms with Crippen LogP contribution in [-0.2, 0) is 4.79 Å². The zero-order valence-electron chi connectivity index (χ0n) is 10.9. The summed E-state index contributed by atoms with van der Waals surface area (Å²) in [5.41, 5.74) is 0.900. The first-order chi connectivity index (χ1) is 9.79. The van der Waals surface area contributed by atoms with Gasteiger partial charge in [0.25, 0.3) is 0 Å². The van der Waals surface area contributed by atoms with Gasteiger partial charge in [-0.3, -0.25) is 9.78 Å². The van der Waals surface area contributed by atoms with Gasteiger partial charge in [-0.25, -0.2) is 0 Å². The summed E-state index contributed by atoms with van der Waals surface area (Å²) in [6.07, 6.45) is 3.39. The van der Waals surface area contributed by atoms with Crippen LogP contribution in [0.25, 0.3) is 0 Å². The highest BCUT2D eigenvalue weighted by Crippen LogP contribution is 2.17. The maximum absolute atomic E-state index is 11.9. The van der Waals surface area contributed by atoms with Crippen LogP contribution in [0.5, 0.6) is 0 Å². The van der Waals surface area contributed by atoms with Crippen molar-refractivity contribution in [1.29, 1.82) is 0 Å². The van der Waals surface area contributed by atoms with Crippen molar-refractivity contribution in [3.05, 3.63) is 60.4 Å². The van der Waals surface area contributed by atoms with E-state index in [0.717, 1.165) is 10.5 Å². The number of nitrogens with zero attached hydrogens (tertiary/aromatic N) is 1. The number of pyridine rings is 1. The number of carbonyl (C=O) groups excluding carboxylic acids is 1. The van der Waals surface area contributed by atoms with Gasteiger partial charge in [0, 0.05) is 17.3 Å². The Bertz CT molecular complexity index is 534. The molecule has 0 saturated heterocycles. The standard InChI is InChI=1S/C15H16N2O2S/c18-10-14(12-4-2-1-3-5-12)17-15(19)11-20-13-6-8-16-9-7-13/h1-9,14,18H,10-11H2,(H,17,19). The van der Waals surface area contributed by atoms with Crippen LogP contribution in [0.3, 0.4) is 0 Å². The van der Waals surface area contributed by atoms with Crippen LogP contribution in [0.1, 0.15) is 11.6 Å². The minimum Gasteiger partial charge on any atom is -0.394 e. The molecule has 0 spiro atoms. The molecule has 0 aliphatic carbocycles. The SMILES string of the molecule is O=C(CSc1ccncc1)NC(CO)c1ccccc1. The first kappa shape index (κ1) is 14.6. The van der Waals surface area contributed by atoms with Gasteiger partial charge in [0.1, 0.15) is 0 Å². The Morgan fingerprint density at radius 1 is 1.20 bits per heavy atom. The van der Waals surface area contributed by atoms with Crippen molar-refractivity contribution < 1.29 is 9.90 Å². The summed E-state index contributed by atoms with van der Waals surface area (Å²) in [7, 11) is 0. The lowest BCUT2D eigenvalue weighted by Gasteiger charge is -2.16. The molecule has 2 N–H and O–H groups in total. The van der Waals surface area contributed by atoms with E-state index >= 15 is 0 Å². The molecule has 0 fully saturated rings. The monoisotopic (exact) mass is 288 g/mol. The van der Waals surface area contributed by atoms with E-state index in [2.05, 4.69) is 10.3 Å². The van der Waals surface area contributed by atoms with Crippen LogP contribution < -0.4 is 5.32 Å². The van der Waals surface area contributed by atoms with Crippen molar-refractivity contribution in [3.8, 4) is 0 Å². The van der Waals surface area contributed by atoms with Crippen LogP contribution in [0.2, 0.25) is 0 Å². The summed E-state index contributed by atoms with van der Waals surface area (Å²) >= 11 is 1.44. The number of aliphatic hydroxyl groups excluding tert-OH is 1. The average molecular weight is 288 g/mol. The fraction of sp³-hybridized carbons (Fsp3) is 0.200. The average Bonchev–Trinajstić information content (AvgIpc) is 2.52.